The lowest BCUT2D eigenvalue weighted by atomic mass is 10.2. The van der Waals surface area contributed by atoms with E-state index in [9.17, 15) is 14.4 Å². The lowest BCUT2D eigenvalue weighted by molar-refractivity contribution is -0.147. The first-order valence-corrected chi connectivity index (χ1v) is 10.2. The van der Waals surface area contributed by atoms with Crippen molar-refractivity contribution in [3.05, 3.63) is 55.4 Å². The lowest BCUT2D eigenvalue weighted by Gasteiger charge is -2.11. The van der Waals surface area contributed by atoms with Crippen LogP contribution in [0.4, 0.5) is 11.4 Å². The van der Waals surface area contributed by atoms with Crippen molar-refractivity contribution >= 4 is 79.9 Å². The molecular weight excluding hydrogens is 506 g/mol. The molecule has 0 unspecified atom stereocenters. The molecular formula is C19H16BrCl3N2O4. The summed E-state index contributed by atoms with van der Waals surface area (Å²) in [4.78, 5) is 35.6. The maximum atomic E-state index is 12.0. The number of halogens is 4. The van der Waals surface area contributed by atoms with Gasteiger partial charge in [-0.2, -0.15) is 0 Å². The molecule has 0 saturated heterocycles. The van der Waals surface area contributed by atoms with E-state index in [1.807, 2.05) is 0 Å². The summed E-state index contributed by atoms with van der Waals surface area (Å²) in [5.41, 5.74) is 1.65. The summed E-state index contributed by atoms with van der Waals surface area (Å²) in [6.07, 6.45) is -0.286. The molecule has 0 aliphatic rings. The number of ether oxygens (including phenoxy) is 1. The second-order valence-electron chi connectivity index (χ2n) is 5.92. The maximum Gasteiger partial charge on any atom is 0.306 e. The van der Waals surface area contributed by atoms with E-state index in [-0.39, 0.29) is 12.8 Å². The maximum absolute atomic E-state index is 12.0. The molecule has 2 rings (SSSR count). The normalized spacial score (nSPS) is 10.4. The zero-order valence-corrected chi connectivity index (χ0v) is 19.0. The molecule has 10 heteroatoms. The fraction of sp³-hybridized carbons (Fsp3) is 0.211. The Morgan fingerprint density at radius 1 is 0.966 bits per heavy atom. The third kappa shape index (κ3) is 7.19. The van der Waals surface area contributed by atoms with Crippen LogP contribution in [0.15, 0.2) is 34.8 Å². The second kappa shape index (κ2) is 10.8. The van der Waals surface area contributed by atoms with Crippen LogP contribution in [-0.2, 0) is 19.1 Å². The van der Waals surface area contributed by atoms with Crippen LogP contribution in [0.5, 0.6) is 0 Å². The van der Waals surface area contributed by atoms with E-state index in [2.05, 4.69) is 26.6 Å². The summed E-state index contributed by atoms with van der Waals surface area (Å²) in [6, 6.07) is 8.01. The van der Waals surface area contributed by atoms with Crippen LogP contribution in [0, 0.1) is 6.92 Å². The van der Waals surface area contributed by atoms with E-state index < -0.39 is 24.4 Å². The third-order valence-electron chi connectivity index (χ3n) is 3.74. The number of anilines is 2. The van der Waals surface area contributed by atoms with E-state index in [0.29, 0.717) is 36.5 Å². The van der Waals surface area contributed by atoms with Crippen LogP contribution < -0.4 is 10.6 Å². The summed E-state index contributed by atoms with van der Waals surface area (Å²) in [6.45, 7) is 1.28. The third-order valence-corrected chi connectivity index (χ3v) is 5.85. The molecule has 0 radical (unpaired) electrons. The monoisotopic (exact) mass is 520 g/mol. The van der Waals surface area contributed by atoms with Crippen LogP contribution in [0.3, 0.4) is 0 Å². The van der Waals surface area contributed by atoms with E-state index in [1.54, 1.807) is 31.2 Å². The van der Waals surface area contributed by atoms with Gasteiger partial charge in [-0.3, -0.25) is 14.4 Å². The fourth-order valence-electron chi connectivity index (χ4n) is 2.20. The van der Waals surface area contributed by atoms with Gasteiger partial charge in [-0.25, -0.2) is 0 Å². The van der Waals surface area contributed by atoms with Crippen LogP contribution in [0.25, 0.3) is 0 Å². The van der Waals surface area contributed by atoms with Gasteiger partial charge in [0.2, 0.25) is 5.91 Å². The number of nitrogens with one attached hydrogen (secondary N) is 2. The summed E-state index contributed by atoms with van der Waals surface area (Å²) in [5, 5.41) is 6.36. The predicted octanol–water partition coefficient (Wildman–Crippen LogP) is 5.62. The van der Waals surface area contributed by atoms with E-state index in [0.717, 1.165) is 0 Å². The van der Waals surface area contributed by atoms with Crippen molar-refractivity contribution in [2.24, 2.45) is 0 Å². The van der Waals surface area contributed by atoms with Crippen molar-refractivity contribution in [3.63, 3.8) is 0 Å². The summed E-state index contributed by atoms with van der Waals surface area (Å²) >= 11 is 21.1. The zero-order valence-electron chi connectivity index (χ0n) is 15.2. The van der Waals surface area contributed by atoms with Gasteiger partial charge in [-0.1, -0.05) is 34.8 Å². The average Bonchev–Trinajstić information content (AvgIpc) is 2.68. The number of amides is 2. The minimum atomic E-state index is -0.671. The number of carbonyl (C=O) groups excluding carboxylic acids is 3. The predicted molar refractivity (Wildman–Crippen MR) is 118 cm³/mol. The first-order valence-electron chi connectivity index (χ1n) is 8.32. The van der Waals surface area contributed by atoms with Crippen LogP contribution >= 0.6 is 50.7 Å². The Balaban J connectivity index is 1.75. The molecule has 0 spiro atoms. The Kier molecular flexibility index (Phi) is 8.77. The highest BCUT2D eigenvalue weighted by Crippen LogP contribution is 2.31. The molecule has 0 bridgehead atoms. The van der Waals surface area contributed by atoms with Gasteiger partial charge in [0.1, 0.15) is 0 Å². The van der Waals surface area contributed by atoms with Gasteiger partial charge in [0, 0.05) is 22.3 Å². The van der Waals surface area contributed by atoms with Crippen molar-refractivity contribution in [2.75, 3.05) is 17.2 Å². The van der Waals surface area contributed by atoms with E-state index in [4.69, 9.17) is 39.5 Å². The van der Waals surface area contributed by atoms with Gasteiger partial charge in [0.05, 0.1) is 21.5 Å². The van der Waals surface area contributed by atoms with Crippen molar-refractivity contribution in [1.29, 1.82) is 0 Å². The molecule has 0 saturated carbocycles. The molecule has 0 fully saturated rings. The van der Waals surface area contributed by atoms with Gasteiger partial charge in [-0.15, -0.1) is 0 Å². The smallest absolute Gasteiger partial charge is 0.306 e. The Morgan fingerprint density at radius 2 is 1.69 bits per heavy atom. The Labute approximate surface area is 191 Å². The average molecular weight is 523 g/mol. The molecule has 0 aliphatic heterocycles. The summed E-state index contributed by atoms with van der Waals surface area (Å²) in [7, 11) is 0. The SMILES string of the molecule is Cc1c(NC(=O)COC(=O)CCC(=O)Nc2ccc(Cl)c(Cl)c2)ccc(Br)c1Cl. The first kappa shape index (κ1) is 23.5. The zero-order chi connectivity index (χ0) is 21.6. The Bertz CT molecular complexity index is 953. The van der Waals surface area contributed by atoms with Gasteiger partial charge in [0.25, 0.3) is 5.91 Å². The minimum Gasteiger partial charge on any atom is -0.456 e. The number of rotatable bonds is 7. The van der Waals surface area contributed by atoms with Gasteiger partial charge in [0.15, 0.2) is 6.61 Å². The van der Waals surface area contributed by atoms with Crippen LogP contribution in [0.2, 0.25) is 15.1 Å². The number of hydrogen-bond donors (Lipinski definition) is 2. The molecule has 154 valence electrons. The molecule has 29 heavy (non-hydrogen) atoms. The lowest BCUT2D eigenvalue weighted by Crippen LogP contribution is -2.22. The topological polar surface area (TPSA) is 84.5 Å². The molecule has 0 atom stereocenters. The summed E-state index contributed by atoms with van der Waals surface area (Å²) < 4.78 is 5.60. The molecule has 0 aromatic heterocycles. The Morgan fingerprint density at radius 3 is 2.38 bits per heavy atom. The number of carbonyl (C=O) groups is 3. The first-order chi connectivity index (χ1) is 13.7. The van der Waals surface area contributed by atoms with E-state index in [1.165, 1.54) is 6.07 Å². The van der Waals surface area contributed by atoms with Crippen molar-refractivity contribution in [1.82, 2.24) is 0 Å². The fourth-order valence-corrected chi connectivity index (χ4v) is 3.10. The van der Waals surface area contributed by atoms with Gasteiger partial charge < -0.3 is 15.4 Å². The second-order valence-corrected chi connectivity index (χ2v) is 7.97. The Hall–Kier alpha value is -1.80. The molecule has 0 heterocycles. The van der Waals surface area contributed by atoms with E-state index >= 15 is 0 Å². The number of hydrogen-bond acceptors (Lipinski definition) is 4. The standard InChI is InChI=1S/C19H16BrCl3N2O4/c1-10-15(5-3-12(20)19(10)23)25-17(27)9-29-18(28)7-6-16(26)24-11-2-4-13(21)14(22)8-11/h2-5,8H,6-7,9H2,1H3,(H,24,26)(H,25,27). The molecule has 6 nitrogen and oxygen atoms in total. The molecule has 2 aromatic carbocycles. The highest BCUT2D eigenvalue weighted by Gasteiger charge is 2.13. The molecule has 0 aliphatic carbocycles. The highest BCUT2D eigenvalue weighted by molar-refractivity contribution is 9.10. The minimum absolute atomic E-state index is 0.109. The summed E-state index contributed by atoms with van der Waals surface area (Å²) in [5.74, 6) is -1.58. The molecule has 2 N–H and O–H groups in total. The van der Waals surface area contributed by atoms with Crippen molar-refractivity contribution in [3.8, 4) is 0 Å². The quantitative estimate of drug-likeness (QED) is 0.463. The number of esters is 1. The van der Waals surface area contributed by atoms with Crippen molar-refractivity contribution in [2.45, 2.75) is 19.8 Å². The van der Waals surface area contributed by atoms with Crippen LogP contribution in [0.1, 0.15) is 18.4 Å². The molecule has 2 amide bonds. The van der Waals surface area contributed by atoms with Gasteiger partial charge in [-0.05, 0) is 58.7 Å². The molecule has 2 aromatic rings. The van der Waals surface area contributed by atoms with Crippen LogP contribution in [-0.4, -0.2) is 24.4 Å². The van der Waals surface area contributed by atoms with Crippen molar-refractivity contribution < 1.29 is 19.1 Å². The largest absolute Gasteiger partial charge is 0.456 e. The van der Waals surface area contributed by atoms with Gasteiger partial charge >= 0.3 is 5.97 Å². The highest BCUT2D eigenvalue weighted by atomic mass is 79.9. The number of benzene rings is 2.